The lowest BCUT2D eigenvalue weighted by molar-refractivity contribution is 0.287. The number of hydrogen-bond donors (Lipinski definition) is 1. The van der Waals surface area contributed by atoms with E-state index in [2.05, 4.69) is 27.7 Å². The molecule has 0 fully saturated rings. The molecule has 102 valence electrons. The fraction of sp³-hybridized carbons (Fsp3) is 0.929. The molecular weight excluding hydrogens is 230 g/mol. The summed E-state index contributed by atoms with van der Waals surface area (Å²) in [4.78, 5) is 4.80. The van der Waals surface area contributed by atoms with Gasteiger partial charge in [0.2, 0.25) is 0 Å². The third-order valence-electron chi connectivity index (χ3n) is 2.58. The largest absolute Gasteiger partial charge is 0.396 e. The third kappa shape index (κ3) is 10.8. The van der Waals surface area contributed by atoms with Gasteiger partial charge in [-0.05, 0) is 44.3 Å². The smallest absolute Gasteiger partial charge is 0.0586 e. The summed E-state index contributed by atoms with van der Waals surface area (Å²) in [5.74, 6) is 2.97. The molecule has 0 aliphatic heterocycles. The van der Waals surface area contributed by atoms with E-state index in [4.69, 9.17) is 10.1 Å². The van der Waals surface area contributed by atoms with Crippen molar-refractivity contribution in [3.05, 3.63) is 0 Å². The monoisotopic (exact) mass is 259 g/mol. The van der Waals surface area contributed by atoms with Crippen molar-refractivity contribution in [2.75, 3.05) is 18.1 Å². The van der Waals surface area contributed by atoms with Gasteiger partial charge in [-0.1, -0.05) is 20.8 Å². The van der Waals surface area contributed by atoms with Gasteiger partial charge >= 0.3 is 0 Å². The van der Waals surface area contributed by atoms with Crippen LogP contribution in [0.25, 0.3) is 0 Å². The number of aliphatic hydroxyl groups excluding tert-OH is 1. The number of aliphatic imine (C=N–C) groups is 1. The first kappa shape index (κ1) is 17.0. The van der Waals surface area contributed by atoms with Crippen molar-refractivity contribution >= 4 is 17.5 Å². The second-order valence-corrected chi connectivity index (χ2v) is 6.18. The molecule has 0 amide bonds. The van der Waals surface area contributed by atoms with E-state index < -0.39 is 0 Å². The molecule has 0 rings (SSSR count). The van der Waals surface area contributed by atoms with E-state index in [0.29, 0.717) is 18.6 Å². The Labute approximate surface area is 111 Å². The second-order valence-electron chi connectivity index (χ2n) is 5.03. The van der Waals surface area contributed by atoms with Crippen molar-refractivity contribution in [1.29, 1.82) is 0 Å². The zero-order chi connectivity index (χ0) is 13.1. The molecule has 1 atom stereocenters. The summed E-state index contributed by atoms with van der Waals surface area (Å²) in [7, 11) is 0. The Hall–Kier alpha value is -0.0200. The van der Waals surface area contributed by atoms with Gasteiger partial charge in [-0.2, -0.15) is 11.8 Å². The predicted molar refractivity (Wildman–Crippen MR) is 80.3 cm³/mol. The summed E-state index contributed by atoms with van der Waals surface area (Å²) in [5.41, 5.74) is 1.29. The topological polar surface area (TPSA) is 32.6 Å². The van der Waals surface area contributed by atoms with Crippen LogP contribution in [0, 0.1) is 5.92 Å². The zero-order valence-electron chi connectivity index (χ0n) is 11.9. The maximum atomic E-state index is 8.69. The molecule has 0 radical (unpaired) electrons. The van der Waals surface area contributed by atoms with Crippen LogP contribution in [0.1, 0.15) is 53.4 Å². The van der Waals surface area contributed by atoms with Crippen molar-refractivity contribution in [1.82, 2.24) is 0 Å². The third-order valence-corrected chi connectivity index (χ3v) is 3.78. The highest BCUT2D eigenvalue weighted by atomic mass is 32.2. The molecule has 0 saturated heterocycles. The first-order valence-electron chi connectivity index (χ1n) is 6.82. The molecule has 0 aromatic heterocycles. The number of aliphatic hydroxyl groups is 1. The summed E-state index contributed by atoms with van der Waals surface area (Å²) in [6.45, 7) is 9.17. The van der Waals surface area contributed by atoms with Crippen LogP contribution < -0.4 is 0 Å². The average Bonchev–Trinajstić information content (AvgIpc) is 2.26. The maximum Gasteiger partial charge on any atom is 0.0586 e. The highest BCUT2D eigenvalue weighted by Crippen LogP contribution is 2.12. The summed E-state index contributed by atoms with van der Waals surface area (Å²) < 4.78 is 0. The van der Waals surface area contributed by atoms with E-state index in [0.717, 1.165) is 37.2 Å². The predicted octanol–water partition coefficient (Wildman–Crippen LogP) is 3.78. The van der Waals surface area contributed by atoms with Crippen molar-refractivity contribution in [3.63, 3.8) is 0 Å². The highest BCUT2D eigenvalue weighted by molar-refractivity contribution is 7.99. The second kappa shape index (κ2) is 11.1. The Morgan fingerprint density at radius 1 is 1.29 bits per heavy atom. The van der Waals surface area contributed by atoms with Crippen LogP contribution in [0.15, 0.2) is 4.99 Å². The van der Waals surface area contributed by atoms with Gasteiger partial charge in [-0.3, -0.25) is 4.99 Å². The molecule has 0 aromatic rings. The van der Waals surface area contributed by atoms with Crippen LogP contribution in [0.2, 0.25) is 0 Å². The number of thioether (sulfide) groups is 1. The normalized spacial score (nSPS) is 14.4. The van der Waals surface area contributed by atoms with Gasteiger partial charge in [0.25, 0.3) is 0 Å². The summed E-state index contributed by atoms with van der Waals surface area (Å²) in [6, 6.07) is 0.480. The van der Waals surface area contributed by atoms with E-state index in [9.17, 15) is 0 Å². The van der Waals surface area contributed by atoms with Crippen molar-refractivity contribution in [3.8, 4) is 0 Å². The molecule has 0 aromatic carbocycles. The van der Waals surface area contributed by atoms with Gasteiger partial charge in [0.15, 0.2) is 0 Å². The van der Waals surface area contributed by atoms with Crippen LogP contribution in [0.4, 0.5) is 0 Å². The van der Waals surface area contributed by atoms with E-state index in [1.54, 1.807) is 0 Å². The van der Waals surface area contributed by atoms with Crippen molar-refractivity contribution < 1.29 is 5.11 Å². The van der Waals surface area contributed by atoms with Crippen LogP contribution in [-0.2, 0) is 0 Å². The number of nitrogens with zero attached hydrogens (tertiary/aromatic N) is 1. The molecule has 17 heavy (non-hydrogen) atoms. The Morgan fingerprint density at radius 2 is 2.00 bits per heavy atom. The fourth-order valence-electron chi connectivity index (χ4n) is 1.74. The summed E-state index contributed by atoms with van der Waals surface area (Å²) in [6.07, 6.45) is 4.29. The molecule has 1 unspecified atom stereocenters. The van der Waals surface area contributed by atoms with Crippen molar-refractivity contribution in [2.24, 2.45) is 10.9 Å². The quantitative estimate of drug-likeness (QED) is 0.478. The Kier molecular flexibility index (Phi) is 11.1. The molecule has 3 heteroatoms. The minimum Gasteiger partial charge on any atom is -0.396 e. The van der Waals surface area contributed by atoms with Crippen LogP contribution in [0.3, 0.4) is 0 Å². The number of rotatable bonds is 10. The Bertz CT molecular complexity index is 204. The molecule has 0 spiro atoms. The Morgan fingerprint density at radius 3 is 2.53 bits per heavy atom. The van der Waals surface area contributed by atoms with E-state index >= 15 is 0 Å². The number of hydrogen-bond acceptors (Lipinski definition) is 3. The minimum atomic E-state index is 0.323. The molecule has 0 aliphatic rings. The molecule has 2 nitrogen and oxygen atoms in total. The first-order chi connectivity index (χ1) is 8.10. The van der Waals surface area contributed by atoms with Crippen LogP contribution in [-0.4, -0.2) is 35.0 Å². The molecule has 0 aliphatic carbocycles. The molecule has 1 N–H and O–H groups in total. The van der Waals surface area contributed by atoms with E-state index in [1.165, 1.54) is 5.71 Å². The molecular formula is C14H29NOS. The summed E-state index contributed by atoms with van der Waals surface area (Å²) >= 11 is 1.97. The zero-order valence-corrected chi connectivity index (χ0v) is 12.7. The lowest BCUT2D eigenvalue weighted by Crippen LogP contribution is -2.11. The Balaban J connectivity index is 3.82. The number of unbranched alkanes of at least 4 members (excludes halogenated alkanes) is 1. The van der Waals surface area contributed by atoms with Gasteiger partial charge < -0.3 is 5.11 Å². The van der Waals surface area contributed by atoms with Gasteiger partial charge in [0.05, 0.1) is 6.04 Å². The SMILES string of the molecule is CCC(CSCCCCO)N=C(C)CC(C)C. The molecule has 0 saturated carbocycles. The van der Waals surface area contributed by atoms with Gasteiger partial charge in [0, 0.05) is 18.1 Å². The summed E-state index contributed by atoms with van der Waals surface area (Å²) in [5, 5.41) is 8.69. The van der Waals surface area contributed by atoms with E-state index in [-0.39, 0.29) is 0 Å². The highest BCUT2D eigenvalue weighted by Gasteiger charge is 2.05. The average molecular weight is 259 g/mol. The molecule has 0 heterocycles. The van der Waals surface area contributed by atoms with Gasteiger partial charge in [0.1, 0.15) is 0 Å². The lowest BCUT2D eigenvalue weighted by Gasteiger charge is -2.12. The molecule has 0 bridgehead atoms. The lowest BCUT2D eigenvalue weighted by atomic mass is 10.1. The van der Waals surface area contributed by atoms with Crippen molar-refractivity contribution in [2.45, 2.75) is 59.4 Å². The van der Waals surface area contributed by atoms with Crippen LogP contribution in [0.5, 0.6) is 0 Å². The first-order valence-corrected chi connectivity index (χ1v) is 7.97. The van der Waals surface area contributed by atoms with Crippen LogP contribution >= 0.6 is 11.8 Å². The maximum absolute atomic E-state index is 8.69. The fourth-order valence-corrected chi connectivity index (χ4v) is 2.89. The standard InChI is InChI=1S/C14H29NOS/c1-5-14(11-17-9-7-6-8-16)15-13(4)10-12(2)3/h12,14,16H,5-11H2,1-4H3. The minimum absolute atomic E-state index is 0.323. The van der Waals surface area contributed by atoms with Gasteiger partial charge in [-0.15, -0.1) is 0 Å². The van der Waals surface area contributed by atoms with Gasteiger partial charge in [-0.25, -0.2) is 0 Å². The van der Waals surface area contributed by atoms with E-state index in [1.807, 2.05) is 11.8 Å².